The lowest BCUT2D eigenvalue weighted by molar-refractivity contribution is 0.146. The highest BCUT2D eigenvalue weighted by atomic mass is 15.1. The smallest absolute Gasteiger partial charge is 0.0215 e. The Bertz CT molecular complexity index is 212. The van der Waals surface area contributed by atoms with Crippen molar-refractivity contribution < 1.29 is 0 Å². The van der Waals surface area contributed by atoms with Crippen LogP contribution in [0.4, 0.5) is 0 Å². The molecule has 2 N–H and O–H groups in total. The number of rotatable bonds is 9. The Kier molecular flexibility index (Phi) is 8.67. The van der Waals surface area contributed by atoms with Crippen molar-refractivity contribution in [3.05, 3.63) is 0 Å². The molecule has 1 aliphatic rings. The predicted octanol–water partition coefficient (Wildman–Crippen LogP) is 2.56. The van der Waals surface area contributed by atoms with Crippen molar-refractivity contribution in [3.63, 3.8) is 0 Å². The molecule has 114 valence electrons. The first-order valence-electron chi connectivity index (χ1n) is 8.26. The van der Waals surface area contributed by atoms with Crippen LogP contribution < -0.4 is 5.73 Å². The van der Waals surface area contributed by atoms with Gasteiger partial charge in [0.05, 0.1) is 0 Å². The first-order valence-corrected chi connectivity index (χ1v) is 8.26. The van der Waals surface area contributed by atoms with Crippen molar-refractivity contribution in [1.29, 1.82) is 0 Å². The van der Waals surface area contributed by atoms with Crippen molar-refractivity contribution in [3.8, 4) is 0 Å². The molecule has 0 aromatic carbocycles. The molecule has 1 aliphatic heterocycles. The van der Waals surface area contributed by atoms with Gasteiger partial charge in [-0.25, -0.2) is 0 Å². The average Bonchev–Trinajstić information content (AvgIpc) is 2.41. The maximum Gasteiger partial charge on any atom is 0.0215 e. The third kappa shape index (κ3) is 6.73. The van der Waals surface area contributed by atoms with Crippen molar-refractivity contribution in [1.82, 2.24) is 9.80 Å². The van der Waals surface area contributed by atoms with Gasteiger partial charge in [-0.2, -0.15) is 0 Å². The number of likely N-dealkylation sites (N-methyl/N-ethyl adjacent to an activating group) is 1. The molecule has 1 fully saturated rings. The molecule has 0 aromatic rings. The quantitative estimate of drug-likeness (QED) is 0.653. The monoisotopic (exact) mass is 269 g/mol. The molecule has 19 heavy (non-hydrogen) atoms. The SMILES string of the molecule is CCCCCCC(CN)N(C)CC1CCN(C)CC1. The second kappa shape index (κ2) is 9.73. The Morgan fingerprint density at radius 2 is 1.89 bits per heavy atom. The Balaban J connectivity index is 2.22. The average molecular weight is 269 g/mol. The zero-order chi connectivity index (χ0) is 14.1. The topological polar surface area (TPSA) is 32.5 Å². The van der Waals surface area contributed by atoms with Crippen LogP contribution in [0.2, 0.25) is 0 Å². The zero-order valence-electron chi connectivity index (χ0n) is 13.4. The fourth-order valence-corrected chi connectivity index (χ4v) is 3.13. The molecule has 0 spiro atoms. The Morgan fingerprint density at radius 3 is 2.47 bits per heavy atom. The van der Waals surface area contributed by atoms with Gasteiger partial charge in [0, 0.05) is 19.1 Å². The molecule has 1 saturated heterocycles. The molecule has 1 rings (SSSR count). The minimum atomic E-state index is 0.594. The summed E-state index contributed by atoms with van der Waals surface area (Å²) >= 11 is 0. The predicted molar refractivity (Wildman–Crippen MR) is 84.5 cm³/mol. The fourth-order valence-electron chi connectivity index (χ4n) is 3.13. The van der Waals surface area contributed by atoms with Crippen LogP contribution in [0.3, 0.4) is 0 Å². The van der Waals surface area contributed by atoms with Crippen molar-refractivity contribution in [2.45, 2.75) is 57.9 Å². The molecule has 0 radical (unpaired) electrons. The summed E-state index contributed by atoms with van der Waals surface area (Å²) in [7, 11) is 4.51. The molecule has 1 heterocycles. The molecule has 0 aliphatic carbocycles. The van der Waals surface area contributed by atoms with Crippen LogP contribution >= 0.6 is 0 Å². The van der Waals surface area contributed by atoms with Gasteiger partial charge in [-0.15, -0.1) is 0 Å². The molecule has 1 atom stereocenters. The lowest BCUT2D eigenvalue weighted by Crippen LogP contribution is -2.42. The number of unbranched alkanes of at least 4 members (excludes halogenated alkanes) is 3. The molecular formula is C16H35N3. The van der Waals surface area contributed by atoms with Gasteiger partial charge in [-0.3, -0.25) is 0 Å². The van der Waals surface area contributed by atoms with E-state index in [2.05, 4.69) is 30.8 Å². The van der Waals surface area contributed by atoms with Crippen LogP contribution in [-0.2, 0) is 0 Å². The molecule has 0 bridgehead atoms. The lowest BCUT2D eigenvalue weighted by Gasteiger charge is -2.34. The molecule has 3 nitrogen and oxygen atoms in total. The molecule has 0 saturated carbocycles. The summed E-state index contributed by atoms with van der Waals surface area (Å²) < 4.78 is 0. The summed E-state index contributed by atoms with van der Waals surface area (Å²) in [5.74, 6) is 0.880. The van der Waals surface area contributed by atoms with Gasteiger partial charge in [-0.1, -0.05) is 32.6 Å². The highest BCUT2D eigenvalue weighted by molar-refractivity contribution is 4.76. The summed E-state index contributed by atoms with van der Waals surface area (Å²) in [4.78, 5) is 4.98. The van der Waals surface area contributed by atoms with Crippen LogP contribution in [0.25, 0.3) is 0 Å². The molecular weight excluding hydrogens is 234 g/mol. The van der Waals surface area contributed by atoms with Gasteiger partial charge in [0.15, 0.2) is 0 Å². The van der Waals surface area contributed by atoms with E-state index in [0.717, 1.165) is 12.5 Å². The number of likely N-dealkylation sites (tertiary alicyclic amines) is 1. The van der Waals surface area contributed by atoms with Gasteiger partial charge < -0.3 is 15.5 Å². The maximum atomic E-state index is 5.97. The molecule has 0 amide bonds. The molecule has 3 heteroatoms. The van der Waals surface area contributed by atoms with E-state index in [-0.39, 0.29) is 0 Å². The second-order valence-corrected chi connectivity index (χ2v) is 6.43. The third-order valence-electron chi connectivity index (χ3n) is 4.67. The maximum absolute atomic E-state index is 5.97. The van der Waals surface area contributed by atoms with Crippen molar-refractivity contribution in [2.24, 2.45) is 11.7 Å². The Hall–Kier alpha value is -0.120. The van der Waals surface area contributed by atoms with E-state index < -0.39 is 0 Å². The number of hydrogen-bond donors (Lipinski definition) is 1. The van der Waals surface area contributed by atoms with E-state index in [1.54, 1.807) is 0 Å². The van der Waals surface area contributed by atoms with Gasteiger partial charge in [0.1, 0.15) is 0 Å². The largest absolute Gasteiger partial charge is 0.329 e. The molecule has 1 unspecified atom stereocenters. The van der Waals surface area contributed by atoms with Crippen molar-refractivity contribution >= 4 is 0 Å². The number of piperidine rings is 1. The summed E-state index contributed by atoms with van der Waals surface area (Å²) in [6.07, 6.45) is 9.39. The second-order valence-electron chi connectivity index (χ2n) is 6.43. The van der Waals surface area contributed by atoms with E-state index >= 15 is 0 Å². The number of hydrogen-bond acceptors (Lipinski definition) is 3. The highest BCUT2D eigenvalue weighted by Crippen LogP contribution is 2.19. The summed E-state index contributed by atoms with van der Waals surface area (Å²) in [5, 5.41) is 0. The number of nitrogens with zero attached hydrogens (tertiary/aromatic N) is 2. The Labute approximate surface area is 120 Å². The van der Waals surface area contributed by atoms with Crippen molar-refractivity contribution in [2.75, 3.05) is 40.3 Å². The van der Waals surface area contributed by atoms with Crippen LogP contribution in [-0.4, -0.2) is 56.1 Å². The summed E-state index contributed by atoms with van der Waals surface area (Å²) in [6, 6.07) is 0.594. The normalized spacial score (nSPS) is 20.1. The lowest BCUT2D eigenvalue weighted by atomic mass is 9.95. The van der Waals surface area contributed by atoms with Crippen LogP contribution in [0, 0.1) is 5.92 Å². The van der Waals surface area contributed by atoms with E-state index in [9.17, 15) is 0 Å². The van der Waals surface area contributed by atoms with Gasteiger partial charge >= 0.3 is 0 Å². The fraction of sp³-hybridized carbons (Fsp3) is 1.00. The van der Waals surface area contributed by atoms with Crippen LogP contribution in [0.15, 0.2) is 0 Å². The minimum Gasteiger partial charge on any atom is -0.329 e. The summed E-state index contributed by atoms with van der Waals surface area (Å²) in [6.45, 7) is 6.86. The van der Waals surface area contributed by atoms with E-state index in [1.165, 1.54) is 64.6 Å². The Morgan fingerprint density at radius 1 is 1.21 bits per heavy atom. The van der Waals surface area contributed by atoms with Crippen LogP contribution in [0.5, 0.6) is 0 Å². The van der Waals surface area contributed by atoms with Gasteiger partial charge in [0.25, 0.3) is 0 Å². The van der Waals surface area contributed by atoms with Crippen LogP contribution in [0.1, 0.15) is 51.9 Å². The molecule has 0 aromatic heterocycles. The van der Waals surface area contributed by atoms with E-state index in [1.807, 2.05) is 0 Å². The standard InChI is InChI=1S/C16H35N3/c1-4-5-6-7-8-16(13-17)19(3)14-15-9-11-18(2)12-10-15/h15-16H,4-14,17H2,1-3H3. The van der Waals surface area contributed by atoms with Gasteiger partial charge in [-0.05, 0) is 52.4 Å². The zero-order valence-corrected chi connectivity index (χ0v) is 13.4. The minimum absolute atomic E-state index is 0.594. The number of nitrogens with two attached hydrogens (primary N) is 1. The summed E-state index contributed by atoms with van der Waals surface area (Å²) in [5.41, 5.74) is 5.97. The first kappa shape index (κ1) is 16.9. The van der Waals surface area contributed by atoms with E-state index in [4.69, 9.17) is 5.73 Å². The third-order valence-corrected chi connectivity index (χ3v) is 4.67. The first-order chi connectivity index (χ1) is 9.17. The van der Waals surface area contributed by atoms with Gasteiger partial charge in [0.2, 0.25) is 0 Å². The van der Waals surface area contributed by atoms with E-state index in [0.29, 0.717) is 6.04 Å². The highest BCUT2D eigenvalue weighted by Gasteiger charge is 2.21.